The van der Waals surface area contributed by atoms with Gasteiger partial charge in [-0.15, -0.1) is 0 Å². The van der Waals surface area contributed by atoms with E-state index in [4.69, 9.17) is 0 Å². The van der Waals surface area contributed by atoms with Gasteiger partial charge in [-0.05, 0) is 30.2 Å². The number of amides is 1. The summed E-state index contributed by atoms with van der Waals surface area (Å²) in [6.45, 7) is 2.71. The lowest BCUT2D eigenvalue weighted by atomic mass is 9.90. The summed E-state index contributed by atoms with van der Waals surface area (Å²) < 4.78 is 0. The predicted octanol–water partition coefficient (Wildman–Crippen LogP) is 3.64. The Balaban J connectivity index is 1.57. The number of hydrogen-bond acceptors (Lipinski definition) is 5. The third-order valence-electron chi connectivity index (χ3n) is 4.72. The second-order valence-electron chi connectivity index (χ2n) is 6.57. The highest BCUT2D eigenvalue weighted by molar-refractivity contribution is 5.94. The lowest BCUT2D eigenvalue weighted by Gasteiger charge is -2.26. The molecule has 0 spiro atoms. The van der Waals surface area contributed by atoms with Crippen LogP contribution in [0.15, 0.2) is 54.9 Å². The molecule has 2 aromatic heterocycles. The Kier molecular flexibility index (Phi) is 4.78. The number of nitrogens with one attached hydrogen (secondary N) is 2. The molecule has 6 nitrogen and oxygen atoms in total. The summed E-state index contributed by atoms with van der Waals surface area (Å²) in [5.41, 5.74) is 3.96. The summed E-state index contributed by atoms with van der Waals surface area (Å²) in [6.07, 6.45) is 4.76. The third kappa shape index (κ3) is 3.79. The highest BCUT2D eigenvalue weighted by Crippen LogP contribution is 2.32. The van der Waals surface area contributed by atoms with Crippen LogP contribution in [0, 0.1) is 0 Å². The van der Waals surface area contributed by atoms with Crippen LogP contribution in [0.3, 0.4) is 0 Å². The molecular formula is C21H21N5O. The Hall–Kier alpha value is -3.28. The number of carbonyl (C=O) groups excluding carboxylic acids is 1. The number of para-hydroxylation sites is 1. The first-order valence-electron chi connectivity index (χ1n) is 9.14. The maximum Gasteiger partial charge on any atom is 0.225 e. The maximum atomic E-state index is 12.0. The number of anilines is 2. The van der Waals surface area contributed by atoms with Crippen LogP contribution in [0.4, 0.5) is 11.5 Å². The van der Waals surface area contributed by atoms with Crippen molar-refractivity contribution in [3.8, 4) is 11.4 Å². The molecule has 3 aromatic rings. The molecule has 1 aliphatic heterocycles. The standard InChI is InChI=1S/C21H21N5O/c1-2-16-12-19(26-21(24-16)14-7-9-22-10-8-14)23-13-15-11-20(27)25-18-6-4-3-5-17(15)18/h3-10,12,15H,2,11,13H2,1H3,(H,25,27)(H,23,24,26)/t15-/m0/s1. The molecule has 0 radical (unpaired) electrons. The van der Waals surface area contributed by atoms with Gasteiger partial charge in [0, 0.05) is 54.3 Å². The van der Waals surface area contributed by atoms with Crippen molar-refractivity contribution in [1.29, 1.82) is 0 Å². The van der Waals surface area contributed by atoms with E-state index in [-0.39, 0.29) is 11.8 Å². The van der Waals surface area contributed by atoms with Crippen molar-refractivity contribution in [2.45, 2.75) is 25.7 Å². The third-order valence-corrected chi connectivity index (χ3v) is 4.72. The normalized spacial score (nSPS) is 15.7. The number of aryl methyl sites for hydroxylation is 1. The molecule has 0 saturated carbocycles. The molecule has 1 aromatic carbocycles. The lowest BCUT2D eigenvalue weighted by Crippen LogP contribution is -2.27. The Morgan fingerprint density at radius 2 is 1.96 bits per heavy atom. The summed E-state index contributed by atoms with van der Waals surface area (Å²) in [7, 11) is 0. The second kappa shape index (κ2) is 7.53. The molecule has 136 valence electrons. The predicted molar refractivity (Wildman–Crippen MR) is 106 cm³/mol. The van der Waals surface area contributed by atoms with Gasteiger partial charge in [0.2, 0.25) is 5.91 Å². The average Bonchev–Trinajstić information content (AvgIpc) is 2.72. The summed E-state index contributed by atoms with van der Waals surface area (Å²) in [5.74, 6) is 1.62. The van der Waals surface area contributed by atoms with E-state index in [1.165, 1.54) is 0 Å². The number of benzene rings is 1. The molecule has 1 aliphatic rings. The zero-order chi connectivity index (χ0) is 18.6. The van der Waals surface area contributed by atoms with Crippen molar-refractivity contribution in [2.75, 3.05) is 17.2 Å². The highest BCUT2D eigenvalue weighted by Gasteiger charge is 2.24. The number of rotatable bonds is 5. The average molecular weight is 359 g/mol. The topological polar surface area (TPSA) is 79.8 Å². The molecule has 1 atom stereocenters. The van der Waals surface area contributed by atoms with Gasteiger partial charge in [0.1, 0.15) is 5.82 Å². The van der Waals surface area contributed by atoms with Gasteiger partial charge in [0.05, 0.1) is 0 Å². The van der Waals surface area contributed by atoms with Crippen molar-refractivity contribution in [1.82, 2.24) is 15.0 Å². The molecule has 1 amide bonds. The van der Waals surface area contributed by atoms with Gasteiger partial charge in [-0.2, -0.15) is 0 Å². The van der Waals surface area contributed by atoms with Crippen LogP contribution in [0.25, 0.3) is 11.4 Å². The zero-order valence-corrected chi connectivity index (χ0v) is 15.1. The van der Waals surface area contributed by atoms with Crippen LogP contribution in [0.2, 0.25) is 0 Å². The molecule has 4 rings (SSSR count). The van der Waals surface area contributed by atoms with Crippen LogP contribution in [0.1, 0.15) is 30.5 Å². The molecule has 6 heteroatoms. The molecule has 0 unspecified atom stereocenters. The van der Waals surface area contributed by atoms with Crippen LogP contribution in [0.5, 0.6) is 0 Å². The van der Waals surface area contributed by atoms with E-state index >= 15 is 0 Å². The first-order valence-corrected chi connectivity index (χ1v) is 9.14. The Labute approximate surface area is 158 Å². The van der Waals surface area contributed by atoms with Crippen molar-refractivity contribution < 1.29 is 4.79 Å². The molecular weight excluding hydrogens is 338 g/mol. The van der Waals surface area contributed by atoms with E-state index in [9.17, 15) is 4.79 Å². The Bertz CT molecular complexity index is 958. The summed E-state index contributed by atoms with van der Waals surface area (Å²) in [6, 6.07) is 13.7. The van der Waals surface area contributed by atoms with E-state index in [1.54, 1.807) is 12.4 Å². The number of nitrogens with zero attached hydrogens (tertiary/aromatic N) is 3. The van der Waals surface area contributed by atoms with Gasteiger partial charge in [-0.25, -0.2) is 9.97 Å². The Morgan fingerprint density at radius 1 is 1.15 bits per heavy atom. The molecule has 27 heavy (non-hydrogen) atoms. The molecule has 0 saturated heterocycles. The van der Waals surface area contributed by atoms with Gasteiger partial charge in [-0.1, -0.05) is 25.1 Å². The SMILES string of the molecule is CCc1cc(NC[C@@H]2CC(=O)Nc3ccccc32)nc(-c2ccncc2)n1. The summed E-state index contributed by atoms with van der Waals surface area (Å²) >= 11 is 0. The largest absolute Gasteiger partial charge is 0.369 e. The summed E-state index contributed by atoms with van der Waals surface area (Å²) in [5, 5.41) is 6.35. The van der Waals surface area contributed by atoms with Crippen molar-refractivity contribution in [3.05, 3.63) is 66.1 Å². The van der Waals surface area contributed by atoms with Crippen molar-refractivity contribution >= 4 is 17.4 Å². The molecule has 0 aliphatic carbocycles. The van der Waals surface area contributed by atoms with Crippen LogP contribution in [-0.4, -0.2) is 27.4 Å². The number of pyridine rings is 1. The number of fused-ring (bicyclic) bond motifs is 1. The number of carbonyl (C=O) groups is 1. The molecule has 0 bridgehead atoms. The highest BCUT2D eigenvalue weighted by atomic mass is 16.1. The van der Waals surface area contributed by atoms with E-state index in [1.807, 2.05) is 36.4 Å². The van der Waals surface area contributed by atoms with Gasteiger partial charge in [-0.3, -0.25) is 9.78 Å². The summed E-state index contributed by atoms with van der Waals surface area (Å²) in [4.78, 5) is 25.4. The molecule has 0 fully saturated rings. The van der Waals surface area contributed by atoms with Crippen molar-refractivity contribution in [2.24, 2.45) is 0 Å². The van der Waals surface area contributed by atoms with Crippen LogP contribution >= 0.6 is 0 Å². The fraction of sp³-hybridized carbons (Fsp3) is 0.238. The van der Waals surface area contributed by atoms with Gasteiger partial charge >= 0.3 is 0 Å². The van der Waals surface area contributed by atoms with E-state index in [0.717, 1.165) is 34.7 Å². The lowest BCUT2D eigenvalue weighted by molar-refractivity contribution is -0.116. The first kappa shape index (κ1) is 17.1. The van der Waals surface area contributed by atoms with E-state index in [0.29, 0.717) is 18.8 Å². The fourth-order valence-electron chi connectivity index (χ4n) is 3.31. The zero-order valence-electron chi connectivity index (χ0n) is 15.1. The van der Waals surface area contributed by atoms with Crippen LogP contribution in [-0.2, 0) is 11.2 Å². The quantitative estimate of drug-likeness (QED) is 0.727. The fourth-order valence-corrected chi connectivity index (χ4v) is 3.31. The first-order chi connectivity index (χ1) is 13.2. The van der Waals surface area contributed by atoms with E-state index in [2.05, 4.69) is 38.6 Å². The minimum atomic E-state index is 0.0508. The van der Waals surface area contributed by atoms with Gasteiger partial charge < -0.3 is 10.6 Å². The second-order valence-corrected chi connectivity index (χ2v) is 6.57. The minimum absolute atomic E-state index is 0.0508. The number of aromatic nitrogens is 3. The number of hydrogen-bond donors (Lipinski definition) is 2. The van der Waals surface area contributed by atoms with Gasteiger partial charge in [0.25, 0.3) is 0 Å². The van der Waals surface area contributed by atoms with Crippen molar-refractivity contribution in [3.63, 3.8) is 0 Å². The maximum absolute atomic E-state index is 12.0. The minimum Gasteiger partial charge on any atom is -0.369 e. The molecule has 3 heterocycles. The monoisotopic (exact) mass is 359 g/mol. The smallest absolute Gasteiger partial charge is 0.225 e. The molecule has 2 N–H and O–H groups in total. The van der Waals surface area contributed by atoms with Gasteiger partial charge in [0.15, 0.2) is 5.82 Å². The Morgan fingerprint density at radius 3 is 2.78 bits per heavy atom. The van der Waals surface area contributed by atoms with Crippen LogP contribution < -0.4 is 10.6 Å². The van der Waals surface area contributed by atoms with E-state index < -0.39 is 0 Å².